The first-order chi connectivity index (χ1) is 18.9. The Bertz CT molecular complexity index is 1670. The average Bonchev–Trinajstić information content (AvgIpc) is 3.29. The highest BCUT2D eigenvalue weighted by Gasteiger charge is 2.45. The Labute approximate surface area is 224 Å². The molecule has 6 aromatic carbocycles. The van der Waals surface area contributed by atoms with Crippen LogP contribution in [0.4, 0.5) is 0 Å². The molecule has 0 aromatic heterocycles. The van der Waals surface area contributed by atoms with Gasteiger partial charge in [-0.15, -0.1) is 0 Å². The fourth-order valence-corrected chi connectivity index (χ4v) is 6.40. The van der Waals surface area contributed by atoms with Crippen molar-refractivity contribution in [2.75, 3.05) is 0 Å². The van der Waals surface area contributed by atoms with E-state index < -0.39 is 0 Å². The van der Waals surface area contributed by atoms with E-state index in [4.69, 9.17) is 0 Å². The fourth-order valence-electron chi connectivity index (χ4n) is 6.40. The Balaban J connectivity index is 1.44. The smallest absolute Gasteiger partial charge is 0.0622 e. The molecule has 0 saturated carbocycles. The molecule has 0 spiro atoms. The van der Waals surface area contributed by atoms with Crippen molar-refractivity contribution in [2.24, 2.45) is 0 Å². The second-order valence-electron chi connectivity index (χ2n) is 10.1. The Morgan fingerprint density at radius 1 is 0.395 bits per heavy atom. The van der Waals surface area contributed by atoms with Crippen LogP contribution in [0.2, 0.25) is 0 Å². The predicted molar refractivity (Wildman–Crippen MR) is 158 cm³/mol. The van der Waals surface area contributed by atoms with Crippen molar-refractivity contribution < 1.29 is 0 Å². The van der Waals surface area contributed by atoms with Crippen LogP contribution in [0.5, 0.6) is 0 Å². The van der Waals surface area contributed by atoms with Crippen LogP contribution in [-0.4, -0.2) is 0 Å². The molecule has 0 heterocycles. The van der Waals surface area contributed by atoms with Gasteiger partial charge >= 0.3 is 0 Å². The molecule has 180 valence electrons. The molecule has 0 unspecified atom stereocenters. The molecule has 0 nitrogen and oxygen atoms in total. The molecular formula is C38H28. The van der Waals surface area contributed by atoms with Crippen molar-refractivity contribution in [3.8, 4) is 22.3 Å². The molecule has 0 bridgehead atoms. The minimum atomic E-state index is -0.358. The zero-order valence-electron chi connectivity index (χ0n) is 21.2. The van der Waals surface area contributed by atoms with Gasteiger partial charge in [0.25, 0.3) is 0 Å². The Morgan fingerprint density at radius 3 is 1.61 bits per heavy atom. The van der Waals surface area contributed by atoms with E-state index in [9.17, 15) is 0 Å². The van der Waals surface area contributed by atoms with Crippen molar-refractivity contribution in [1.29, 1.82) is 0 Å². The van der Waals surface area contributed by atoms with Crippen LogP contribution >= 0.6 is 0 Å². The van der Waals surface area contributed by atoms with E-state index in [0.717, 1.165) is 6.42 Å². The fraction of sp³-hybridized carbons (Fsp3) is 0.0526. The normalized spacial score (nSPS) is 13.1. The Kier molecular flexibility index (Phi) is 5.52. The van der Waals surface area contributed by atoms with E-state index in [2.05, 4.69) is 158 Å². The Hall–Kier alpha value is -4.68. The van der Waals surface area contributed by atoms with Crippen LogP contribution in [0.3, 0.4) is 0 Å². The van der Waals surface area contributed by atoms with Gasteiger partial charge in [0.2, 0.25) is 0 Å². The monoisotopic (exact) mass is 484 g/mol. The van der Waals surface area contributed by atoms with E-state index in [1.54, 1.807) is 0 Å². The molecule has 1 aliphatic rings. The van der Waals surface area contributed by atoms with Crippen molar-refractivity contribution >= 4 is 0 Å². The first-order valence-corrected chi connectivity index (χ1v) is 13.3. The summed E-state index contributed by atoms with van der Waals surface area (Å²) in [4.78, 5) is 0. The number of rotatable bonds is 5. The summed E-state index contributed by atoms with van der Waals surface area (Å²) in [7, 11) is 0. The van der Waals surface area contributed by atoms with Crippen molar-refractivity contribution in [3.63, 3.8) is 0 Å². The minimum absolute atomic E-state index is 0.358. The third-order valence-corrected chi connectivity index (χ3v) is 8.02. The summed E-state index contributed by atoms with van der Waals surface area (Å²) in [6, 6.07) is 57.7. The van der Waals surface area contributed by atoms with Crippen LogP contribution in [0.15, 0.2) is 158 Å². The van der Waals surface area contributed by atoms with E-state index in [1.165, 1.54) is 55.6 Å². The van der Waals surface area contributed by atoms with Gasteiger partial charge in [-0.25, -0.2) is 0 Å². The lowest BCUT2D eigenvalue weighted by atomic mass is 9.67. The molecule has 0 amide bonds. The molecule has 7 rings (SSSR count). The molecule has 0 N–H and O–H groups in total. The standard InChI is InChI=1S/C38H28/c1-4-14-29(15-5-1)33-21-11-10-16-30(33)26-28-24-25-35-34-22-12-13-23-36(34)38(37(35)27-28,31-17-6-2-7-18-31)32-19-8-3-9-20-32/h1-25,27H,26H2. The van der Waals surface area contributed by atoms with Gasteiger partial charge < -0.3 is 0 Å². The van der Waals surface area contributed by atoms with Crippen molar-refractivity contribution in [2.45, 2.75) is 11.8 Å². The highest BCUT2D eigenvalue weighted by atomic mass is 14.5. The second kappa shape index (κ2) is 9.32. The van der Waals surface area contributed by atoms with Crippen LogP contribution in [-0.2, 0) is 11.8 Å². The molecule has 38 heavy (non-hydrogen) atoms. The number of fused-ring (bicyclic) bond motifs is 3. The summed E-state index contributed by atoms with van der Waals surface area (Å²) in [5.41, 5.74) is 12.9. The zero-order chi connectivity index (χ0) is 25.4. The van der Waals surface area contributed by atoms with Gasteiger partial charge in [0.1, 0.15) is 0 Å². The van der Waals surface area contributed by atoms with Crippen molar-refractivity contribution in [1.82, 2.24) is 0 Å². The summed E-state index contributed by atoms with van der Waals surface area (Å²) >= 11 is 0. The largest absolute Gasteiger partial charge is 0.0713 e. The molecule has 6 aromatic rings. The first kappa shape index (κ1) is 22.5. The molecule has 0 aliphatic heterocycles. The third kappa shape index (κ3) is 3.53. The summed E-state index contributed by atoms with van der Waals surface area (Å²) in [6.45, 7) is 0. The summed E-state index contributed by atoms with van der Waals surface area (Å²) in [5.74, 6) is 0. The molecule has 0 saturated heterocycles. The minimum Gasteiger partial charge on any atom is -0.0622 e. The maximum absolute atomic E-state index is 2.47. The summed E-state index contributed by atoms with van der Waals surface area (Å²) in [6.07, 6.45) is 0.883. The quantitative estimate of drug-likeness (QED) is 0.228. The highest BCUT2D eigenvalue weighted by molar-refractivity contribution is 5.86. The van der Waals surface area contributed by atoms with Crippen molar-refractivity contribution in [3.05, 3.63) is 191 Å². The van der Waals surface area contributed by atoms with Crippen LogP contribution in [0.1, 0.15) is 33.4 Å². The Morgan fingerprint density at radius 2 is 0.921 bits per heavy atom. The highest BCUT2D eigenvalue weighted by Crippen LogP contribution is 2.56. The van der Waals surface area contributed by atoms with Gasteiger partial charge in [0.05, 0.1) is 5.41 Å². The summed E-state index contributed by atoms with van der Waals surface area (Å²) in [5, 5.41) is 0. The molecular weight excluding hydrogens is 456 g/mol. The van der Waals surface area contributed by atoms with Crippen LogP contribution in [0.25, 0.3) is 22.3 Å². The lowest BCUT2D eigenvalue weighted by Crippen LogP contribution is -2.28. The zero-order valence-corrected chi connectivity index (χ0v) is 21.2. The second-order valence-corrected chi connectivity index (χ2v) is 10.1. The summed E-state index contributed by atoms with van der Waals surface area (Å²) < 4.78 is 0. The lowest BCUT2D eigenvalue weighted by Gasteiger charge is -2.34. The first-order valence-electron chi connectivity index (χ1n) is 13.3. The molecule has 1 aliphatic carbocycles. The predicted octanol–water partition coefficient (Wildman–Crippen LogP) is 9.31. The van der Waals surface area contributed by atoms with E-state index in [0.29, 0.717) is 0 Å². The van der Waals surface area contributed by atoms with E-state index in [1.807, 2.05) is 0 Å². The van der Waals surface area contributed by atoms with Gasteiger partial charge in [-0.1, -0.05) is 158 Å². The maximum atomic E-state index is 2.47. The third-order valence-electron chi connectivity index (χ3n) is 8.02. The van der Waals surface area contributed by atoms with Gasteiger partial charge in [-0.05, 0) is 62.1 Å². The molecule has 0 fully saturated rings. The topological polar surface area (TPSA) is 0 Å². The molecule has 0 atom stereocenters. The van der Waals surface area contributed by atoms with Gasteiger partial charge in [-0.3, -0.25) is 0 Å². The van der Waals surface area contributed by atoms with Gasteiger partial charge in [0, 0.05) is 0 Å². The number of hydrogen-bond acceptors (Lipinski definition) is 0. The van der Waals surface area contributed by atoms with E-state index >= 15 is 0 Å². The van der Waals surface area contributed by atoms with E-state index in [-0.39, 0.29) is 5.41 Å². The lowest BCUT2D eigenvalue weighted by molar-refractivity contribution is 0.767. The average molecular weight is 485 g/mol. The maximum Gasteiger partial charge on any atom is 0.0713 e. The number of hydrogen-bond donors (Lipinski definition) is 0. The molecule has 0 radical (unpaired) electrons. The van der Waals surface area contributed by atoms with Crippen LogP contribution < -0.4 is 0 Å². The van der Waals surface area contributed by atoms with Gasteiger partial charge in [0.15, 0.2) is 0 Å². The number of benzene rings is 6. The SMILES string of the molecule is c1ccc(-c2ccccc2Cc2ccc3c(c2)C(c2ccccc2)(c2ccccc2)c2ccccc2-3)cc1. The van der Waals surface area contributed by atoms with Gasteiger partial charge in [-0.2, -0.15) is 0 Å². The van der Waals surface area contributed by atoms with Crippen LogP contribution in [0, 0.1) is 0 Å². The molecule has 0 heteroatoms.